The van der Waals surface area contributed by atoms with Gasteiger partial charge in [-0.15, -0.1) is 0 Å². The number of rotatable bonds is 3. The third kappa shape index (κ3) is 1.17. The maximum atomic E-state index is 5.58. The van der Waals surface area contributed by atoms with E-state index in [1.807, 2.05) is 7.05 Å². The van der Waals surface area contributed by atoms with Crippen LogP contribution in [-0.4, -0.2) is 32.3 Å². The van der Waals surface area contributed by atoms with Crippen molar-refractivity contribution in [3.63, 3.8) is 0 Å². The van der Waals surface area contributed by atoms with Crippen molar-refractivity contribution in [1.29, 1.82) is 0 Å². The third-order valence-electron chi connectivity index (χ3n) is 2.49. The Morgan fingerprint density at radius 1 is 1.70 bits per heavy atom. The van der Waals surface area contributed by atoms with E-state index in [9.17, 15) is 0 Å². The Hall–Kier alpha value is -0.120. The van der Waals surface area contributed by atoms with Gasteiger partial charge in [0.1, 0.15) is 0 Å². The summed E-state index contributed by atoms with van der Waals surface area (Å²) in [5.74, 6) is 0. The van der Waals surface area contributed by atoms with Gasteiger partial charge in [-0.2, -0.15) is 0 Å². The number of ether oxygens (including phenoxy) is 1. The van der Waals surface area contributed by atoms with Crippen LogP contribution >= 0.6 is 0 Å². The molecule has 1 aliphatic rings. The van der Waals surface area contributed by atoms with Crippen LogP contribution in [0.2, 0.25) is 0 Å². The smallest absolute Gasteiger partial charge is 0.0607 e. The highest BCUT2D eigenvalue weighted by molar-refractivity contribution is 5.01. The predicted molar refractivity (Wildman–Crippen MR) is 40.9 cm³/mol. The summed E-state index contributed by atoms with van der Waals surface area (Å²) in [6.07, 6.45) is 2.53. The maximum absolute atomic E-state index is 5.58. The average Bonchev–Trinajstić information content (AvgIpc) is 1.89. The van der Waals surface area contributed by atoms with Gasteiger partial charge in [-0.3, -0.25) is 0 Å². The molecule has 0 saturated heterocycles. The van der Waals surface area contributed by atoms with Crippen molar-refractivity contribution in [2.24, 2.45) is 5.73 Å². The van der Waals surface area contributed by atoms with Crippen LogP contribution in [0.25, 0.3) is 0 Å². The van der Waals surface area contributed by atoms with Gasteiger partial charge < -0.3 is 15.8 Å². The second-order valence-electron chi connectivity index (χ2n) is 3.00. The Kier molecular flexibility index (Phi) is 2.28. The first kappa shape index (κ1) is 7.98. The molecular weight excluding hydrogens is 128 g/mol. The van der Waals surface area contributed by atoms with Crippen LogP contribution in [0.3, 0.4) is 0 Å². The molecule has 1 fully saturated rings. The van der Waals surface area contributed by atoms with E-state index in [1.54, 1.807) is 7.11 Å². The van der Waals surface area contributed by atoms with Gasteiger partial charge in [0, 0.05) is 19.2 Å². The summed E-state index contributed by atoms with van der Waals surface area (Å²) in [4.78, 5) is 0. The Morgan fingerprint density at radius 2 is 2.30 bits per heavy atom. The van der Waals surface area contributed by atoms with Crippen molar-refractivity contribution in [2.45, 2.75) is 24.5 Å². The van der Waals surface area contributed by atoms with Gasteiger partial charge in [0.25, 0.3) is 0 Å². The Bertz CT molecular complexity index is 104. The molecule has 60 valence electrons. The molecule has 3 N–H and O–H groups in total. The summed E-state index contributed by atoms with van der Waals surface area (Å²) >= 11 is 0. The van der Waals surface area contributed by atoms with Gasteiger partial charge in [0.05, 0.1) is 6.10 Å². The molecule has 1 rings (SSSR count). The summed E-state index contributed by atoms with van der Waals surface area (Å²) in [6, 6.07) is 0. The molecule has 10 heavy (non-hydrogen) atoms. The summed E-state index contributed by atoms with van der Waals surface area (Å²) in [6.45, 7) is 0.712. The van der Waals surface area contributed by atoms with Gasteiger partial charge in [0.15, 0.2) is 0 Å². The second kappa shape index (κ2) is 2.86. The summed E-state index contributed by atoms with van der Waals surface area (Å²) in [5, 5.41) is 3.22. The first-order chi connectivity index (χ1) is 4.76. The minimum atomic E-state index is 0.181. The van der Waals surface area contributed by atoms with E-state index in [2.05, 4.69) is 5.32 Å². The van der Waals surface area contributed by atoms with Crippen molar-refractivity contribution in [3.05, 3.63) is 0 Å². The fourth-order valence-corrected chi connectivity index (χ4v) is 1.45. The van der Waals surface area contributed by atoms with Gasteiger partial charge in [-0.05, 0) is 19.9 Å². The monoisotopic (exact) mass is 144 g/mol. The minimum Gasteiger partial charge on any atom is -0.381 e. The lowest BCUT2D eigenvalue weighted by atomic mass is 9.74. The lowest BCUT2D eigenvalue weighted by Gasteiger charge is -2.46. The van der Waals surface area contributed by atoms with Crippen LogP contribution in [0.15, 0.2) is 0 Å². The van der Waals surface area contributed by atoms with E-state index in [0.29, 0.717) is 12.6 Å². The molecule has 0 aliphatic heterocycles. The van der Waals surface area contributed by atoms with Crippen LogP contribution < -0.4 is 11.1 Å². The Labute approximate surface area is 61.9 Å². The maximum Gasteiger partial charge on any atom is 0.0607 e. The van der Waals surface area contributed by atoms with Crippen LogP contribution in [-0.2, 0) is 4.74 Å². The fraction of sp³-hybridized carbons (Fsp3) is 1.00. The molecule has 1 aliphatic carbocycles. The van der Waals surface area contributed by atoms with Gasteiger partial charge in [-0.1, -0.05) is 0 Å². The molecule has 0 aromatic carbocycles. The molecule has 0 spiro atoms. The summed E-state index contributed by atoms with van der Waals surface area (Å²) in [7, 11) is 3.71. The molecule has 3 heteroatoms. The lowest BCUT2D eigenvalue weighted by Crippen LogP contribution is -2.61. The normalized spacial score (nSPS) is 39.3. The molecule has 0 aromatic rings. The van der Waals surface area contributed by atoms with E-state index in [4.69, 9.17) is 10.5 Å². The van der Waals surface area contributed by atoms with Gasteiger partial charge in [-0.25, -0.2) is 0 Å². The van der Waals surface area contributed by atoms with Crippen LogP contribution in [0.4, 0.5) is 0 Å². The molecule has 3 nitrogen and oxygen atoms in total. The number of nitrogens with two attached hydrogens (primary N) is 1. The summed E-state index contributed by atoms with van der Waals surface area (Å²) < 4.78 is 5.15. The molecule has 0 atom stereocenters. The van der Waals surface area contributed by atoms with E-state index in [1.165, 1.54) is 0 Å². The van der Waals surface area contributed by atoms with E-state index in [0.717, 1.165) is 12.8 Å². The third-order valence-corrected chi connectivity index (χ3v) is 2.49. The molecule has 0 aromatic heterocycles. The van der Waals surface area contributed by atoms with Crippen molar-refractivity contribution < 1.29 is 4.74 Å². The molecule has 1 saturated carbocycles. The van der Waals surface area contributed by atoms with Crippen LogP contribution in [0, 0.1) is 0 Å². The topological polar surface area (TPSA) is 47.3 Å². The number of nitrogens with one attached hydrogen (secondary N) is 1. The van der Waals surface area contributed by atoms with E-state index >= 15 is 0 Å². The molecule has 0 bridgehead atoms. The van der Waals surface area contributed by atoms with E-state index in [-0.39, 0.29) is 5.54 Å². The molecule has 0 unspecified atom stereocenters. The highest BCUT2D eigenvalue weighted by Gasteiger charge is 2.41. The predicted octanol–water partition coefficient (Wildman–Crippen LogP) is -0.288. The van der Waals surface area contributed by atoms with Gasteiger partial charge >= 0.3 is 0 Å². The standard InChI is InChI=1S/C7H16N2O/c1-9-7(5-8)3-6(4-7)10-2/h6,9H,3-5,8H2,1-2H3. The van der Waals surface area contributed by atoms with Crippen molar-refractivity contribution >= 4 is 0 Å². The highest BCUT2D eigenvalue weighted by atomic mass is 16.5. The van der Waals surface area contributed by atoms with Crippen molar-refractivity contribution in [3.8, 4) is 0 Å². The zero-order valence-electron chi connectivity index (χ0n) is 6.68. The zero-order valence-corrected chi connectivity index (χ0v) is 6.68. The number of hydrogen-bond acceptors (Lipinski definition) is 3. The van der Waals surface area contributed by atoms with Crippen molar-refractivity contribution in [2.75, 3.05) is 20.7 Å². The second-order valence-corrected chi connectivity index (χ2v) is 3.00. The number of likely N-dealkylation sites (N-methyl/N-ethyl adjacent to an activating group) is 1. The first-order valence-corrected chi connectivity index (χ1v) is 3.68. The molecular formula is C7H16N2O. The zero-order chi connectivity index (χ0) is 7.61. The summed E-state index contributed by atoms with van der Waals surface area (Å²) in [5.41, 5.74) is 5.76. The van der Waals surface area contributed by atoms with Crippen LogP contribution in [0.5, 0.6) is 0 Å². The highest BCUT2D eigenvalue weighted by Crippen LogP contribution is 2.32. The fourth-order valence-electron chi connectivity index (χ4n) is 1.45. The largest absolute Gasteiger partial charge is 0.381 e. The number of methoxy groups -OCH3 is 1. The van der Waals surface area contributed by atoms with Crippen LogP contribution in [0.1, 0.15) is 12.8 Å². The molecule has 0 amide bonds. The van der Waals surface area contributed by atoms with Gasteiger partial charge in [0.2, 0.25) is 0 Å². The first-order valence-electron chi connectivity index (χ1n) is 3.68. The minimum absolute atomic E-state index is 0.181. The average molecular weight is 144 g/mol. The lowest BCUT2D eigenvalue weighted by molar-refractivity contribution is -0.0234. The SMILES string of the molecule is CNC1(CN)CC(OC)C1. The Balaban J connectivity index is 2.31. The molecule has 0 heterocycles. The number of hydrogen-bond donors (Lipinski definition) is 2. The molecule has 0 radical (unpaired) electrons. The quantitative estimate of drug-likeness (QED) is 0.572. The Morgan fingerprint density at radius 3 is 2.60 bits per heavy atom. The van der Waals surface area contributed by atoms with E-state index < -0.39 is 0 Å². The van der Waals surface area contributed by atoms with Crippen molar-refractivity contribution in [1.82, 2.24) is 5.32 Å².